The van der Waals surface area contributed by atoms with E-state index in [1.807, 2.05) is 0 Å². The minimum atomic E-state index is 0.730. The van der Waals surface area contributed by atoms with Crippen LogP contribution in [0.5, 0.6) is 0 Å². The van der Waals surface area contributed by atoms with Crippen molar-refractivity contribution in [1.29, 1.82) is 0 Å². The second-order valence-corrected chi connectivity index (χ2v) is 4.04. The molecule has 0 bridgehead atoms. The molecule has 2 nitrogen and oxygen atoms in total. The fourth-order valence-electron chi connectivity index (χ4n) is 1.72. The molecule has 1 fully saturated rings. The first-order valence-electron chi connectivity index (χ1n) is 4.60. The zero-order valence-electron chi connectivity index (χ0n) is 7.93. The lowest BCUT2D eigenvalue weighted by atomic mass is 10.0. The number of piperazine rings is 1. The van der Waals surface area contributed by atoms with E-state index in [4.69, 9.17) is 0 Å². The van der Waals surface area contributed by atoms with E-state index >= 15 is 0 Å². The van der Waals surface area contributed by atoms with Crippen molar-refractivity contribution in [3.63, 3.8) is 0 Å². The topological polar surface area (TPSA) is 15.3 Å². The Hall–Kier alpha value is -0.0800. The highest BCUT2D eigenvalue weighted by Gasteiger charge is 2.16. The second-order valence-electron chi connectivity index (χ2n) is 4.04. The van der Waals surface area contributed by atoms with E-state index in [2.05, 4.69) is 31.1 Å². The third kappa shape index (κ3) is 3.21. The van der Waals surface area contributed by atoms with Gasteiger partial charge in [0.25, 0.3) is 0 Å². The molecule has 66 valence electrons. The number of nitrogens with one attached hydrogen (secondary N) is 1. The third-order valence-electron chi connectivity index (χ3n) is 2.21. The molecule has 1 aliphatic rings. The summed E-state index contributed by atoms with van der Waals surface area (Å²) in [5.74, 6) is 0.819. The van der Waals surface area contributed by atoms with E-state index in [0.717, 1.165) is 18.5 Å². The Morgan fingerprint density at radius 2 is 2.27 bits per heavy atom. The predicted octanol–water partition coefficient (Wildman–Crippen LogP) is 0.936. The molecule has 2 heteroatoms. The van der Waals surface area contributed by atoms with Crippen molar-refractivity contribution >= 4 is 0 Å². The van der Waals surface area contributed by atoms with Crippen LogP contribution < -0.4 is 5.32 Å². The Morgan fingerprint density at radius 1 is 1.55 bits per heavy atom. The highest BCUT2D eigenvalue weighted by atomic mass is 15.2. The average Bonchev–Trinajstić information content (AvgIpc) is 1.85. The summed E-state index contributed by atoms with van der Waals surface area (Å²) in [6.07, 6.45) is 1.31. The monoisotopic (exact) mass is 156 g/mol. The summed E-state index contributed by atoms with van der Waals surface area (Å²) >= 11 is 0. The summed E-state index contributed by atoms with van der Waals surface area (Å²) < 4.78 is 0. The summed E-state index contributed by atoms with van der Waals surface area (Å²) in [4.78, 5) is 2.41. The van der Waals surface area contributed by atoms with Crippen LogP contribution >= 0.6 is 0 Å². The van der Waals surface area contributed by atoms with Crippen molar-refractivity contribution in [2.75, 3.05) is 26.7 Å². The van der Waals surface area contributed by atoms with Gasteiger partial charge in [0.15, 0.2) is 0 Å². The van der Waals surface area contributed by atoms with Crippen molar-refractivity contribution in [1.82, 2.24) is 10.2 Å². The SMILES string of the molecule is CC(C)CC1CN(C)CCN1. The van der Waals surface area contributed by atoms with Gasteiger partial charge >= 0.3 is 0 Å². The van der Waals surface area contributed by atoms with E-state index in [9.17, 15) is 0 Å². The van der Waals surface area contributed by atoms with Gasteiger partial charge in [0.2, 0.25) is 0 Å². The van der Waals surface area contributed by atoms with Gasteiger partial charge in [-0.3, -0.25) is 0 Å². The molecule has 0 radical (unpaired) electrons. The number of nitrogens with zero attached hydrogens (tertiary/aromatic N) is 1. The van der Waals surface area contributed by atoms with Gasteiger partial charge in [0, 0.05) is 25.7 Å². The maximum atomic E-state index is 3.54. The highest BCUT2D eigenvalue weighted by molar-refractivity contribution is 4.77. The van der Waals surface area contributed by atoms with E-state index < -0.39 is 0 Å². The molecule has 0 aromatic heterocycles. The molecule has 0 amide bonds. The van der Waals surface area contributed by atoms with Gasteiger partial charge in [-0.25, -0.2) is 0 Å². The molecule has 1 heterocycles. The van der Waals surface area contributed by atoms with Crippen LogP contribution in [0.2, 0.25) is 0 Å². The summed E-state index contributed by atoms with van der Waals surface area (Å²) in [5.41, 5.74) is 0. The van der Waals surface area contributed by atoms with E-state index in [1.54, 1.807) is 0 Å². The van der Waals surface area contributed by atoms with Gasteiger partial charge < -0.3 is 10.2 Å². The summed E-state index contributed by atoms with van der Waals surface area (Å²) in [6, 6.07) is 0.730. The molecule has 0 aromatic carbocycles. The first-order chi connectivity index (χ1) is 5.18. The number of rotatable bonds is 2. The lowest BCUT2D eigenvalue weighted by Gasteiger charge is -2.31. The lowest BCUT2D eigenvalue weighted by Crippen LogP contribution is -2.49. The fourth-order valence-corrected chi connectivity index (χ4v) is 1.72. The molecular formula is C9H20N2. The van der Waals surface area contributed by atoms with E-state index in [1.165, 1.54) is 19.5 Å². The van der Waals surface area contributed by atoms with Crippen LogP contribution in [0.4, 0.5) is 0 Å². The van der Waals surface area contributed by atoms with Crippen molar-refractivity contribution in [2.24, 2.45) is 5.92 Å². The van der Waals surface area contributed by atoms with Gasteiger partial charge in [-0.15, -0.1) is 0 Å². The minimum Gasteiger partial charge on any atom is -0.311 e. The Labute approximate surface area is 70.0 Å². The van der Waals surface area contributed by atoms with Gasteiger partial charge in [-0.1, -0.05) is 13.8 Å². The van der Waals surface area contributed by atoms with Crippen molar-refractivity contribution in [3.05, 3.63) is 0 Å². The molecule has 1 saturated heterocycles. The molecule has 0 aliphatic carbocycles. The van der Waals surface area contributed by atoms with E-state index in [-0.39, 0.29) is 0 Å². The summed E-state index contributed by atoms with van der Waals surface area (Å²) in [5, 5.41) is 3.54. The summed E-state index contributed by atoms with van der Waals surface area (Å²) in [6.45, 7) is 8.16. The van der Waals surface area contributed by atoms with Crippen LogP contribution in [0, 0.1) is 5.92 Å². The second kappa shape index (κ2) is 4.07. The predicted molar refractivity (Wildman–Crippen MR) is 48.7 cm³/mol. The van der Waals surface area contributed by atoms with Crippen molar-refractivity contribution in [3.8, 4) is 0 Å². The Bertz CT molecular complexity index is 110. The van der Waals surface area contributed by atoms with Crippen molar-refractivity contribution in [2.45, 2.75) is 26.3 Å². The molecule has 0 aromatic rings. The van der Waals surface area contributed by atoms with Gasteiger partial charge in [0.1, 0.15) is 0 Å². The van der Waals surface area contributed by atoms with Gasteiger partial charge in [-0.05, 0) is 19.4 Å². The summed E-state index contributed by atoms with van der Waals surface area (Å²) in [7, 11) is 2.20. The maximum Gasteiger partial charge on any atom is 0.0197 e. The number of hydrogen-bond acceptors (Lipinski definition) is 2. The zero-order chi connectivity index (χ0) is 8.27. The zero-order valence-corrected chi connectivity index (χ0v) is 7.93. The maximum absolute atomic E-state index is 3.54. The fraction of sp³-hybridized carbons (Fsp3) is 1.00. The number of likely N-dealkylation sites (N-methyl/N-ethyl adjacent to an activating group) is 1. The molecule has 1 aliphatic heterocycles. The van der Waals surface area contributed by atoms with Crippen LogP contribution in [-0.2, 0) is 0 Å². The van der Waals surface area contributed by atoms with Crippen molar-refractivity contribution < 1.29 is 0 Å². The molecule has 0 spiro atoms. The molecule has 1 atom stereocenters. The third-order valence-corrected chi connectivity index (χ3v) is 2.21. The van der Waals surface area contributed by atoms with Crippen LogP contribution in [0.3, 0.4) is 0 Å². The Balaban J connectivity index is 2.23. The molecule has 11 heavy (non-hydrogen) atoms. The Kier molecular flexibility index (Phi) is 3.34. The Morgan fingerprint density at radius 3 is 2.82 bits per heavy atom. The van der Waals surface area contributed by atoms with E-state index in [0.29, 0.717) is 0 Å². The normalized spacial score (nSPS) is 27.8. The first kappa shape index (κ1) is 9.01. The molecular weight excluding hydrogens is 136 g/mol. The molecule has 0 saturated carbocycles. The highest BCUT2D eigenvalue weighted by Crippen LogP contribution is 2.07. The average molecular weight is 156 g/mol. The standard InChI is InChI=1S/C9H20N2/c1-8(2)6-9-7-11(3)5-4-10-9/h8-10H,4-7H2,1-3H3. The first-order valence-corrected chi connectivity index (χ1v) is 4.60. The smallest absolute Gasteiger partial charge is 0.0197 e. The van der Waals surface area contributed by atoms with Gasteiger partial charge in [0.05, 0.1) is 0 Å². The van der Waals surface area contributed by atoms with Crippen LogP contribution in [0.15, 0.2) is 0 Å². The molecule has 1 N–H and O–H groups in total. The van der Waals surface area contributed by atoms with Crippen LogP contribution in [0.25, 0.3) is 0 Å². The minimum absolute atomic E-state index is 0.730. The number of hydrogen-bond donors (Lipinski definition) is 1. The van der Waals surface area contributed by atoms with Gasteiger partial charge in [-0.2, -0.15) is 0 Å². The van der Waals surface area contributed by atoms with Crippen LogP contribution in [-0.4, -0.2) is 37.6 Å². The molecule has 1 unspecified atom stereocenters. The largest absolute Gasteiger partial charge is 0.311 e. The lowest BCUT2D eigenvalue weighted by molar-refractivity contribution is 0.221. The van der Waals surface area contributed by atoms with Crippen LogP contribution in [0.1, 0.15) is 20.3 Å². The molecule has 1 rings (SSSR count). The quantitative estimate of drug-likeness (QED) is 0.640.